The largest absolute Gasteiger partial charge is 0.481 e. The minimum Gasteiger partial charge on any atom is -0.481 e. The summed E-state index contributed by atoms with van der Waals surface area (Å²) in [7, 11) is 0. The number of carboxylic acids is 2. The third kappa shape index (κ3) is 3.22. The van der Waals surface area contributed by atoms with Crippen LogP contribution in [0.3, 0.4) is 0 Å². The Morgan fingerprint density at radius 3 is 2.58 bits per heavy atom. The summed E-state index contributed by atoms with van der Waals surface area (Å²) >= 11 is 1.22. The van der Waals surface area contributed by atoms with Crippen molar-refractivity contribution in [2.75, 3.05) is 0 Å². The molecule has 2 aliphatic rings. The minimum absolute atomic E-state index is 0.0693. The number of hydrogen-bond acceptors (Lipinski definition) is 7. The van der Waals surface area contributed by atoms with Crippen molar-refractivity contribution in [1.82, 2.24) is 20.5 Å². The Morgan fingerprint density at radius 2 is 2.08 bits per heavy atom. The van der Waals surface area contributed by atoms with Gasteiger partial charge in [0.2, 0.25) is 5.16 Å². The maximum Gasteiger partial charge on any atom is 0.408 e. The fraction of sp³-hybridized carbons (Fsp3) is 0.667. The SMILES string of the molecule is CC(C)(C)OC(=O)NC1(C(=O)O)CC(Sc2nc[nH]n2)C2C(C(=O)O)C21. The van der Waals surface area contributed by atoms with Gasteiger partial charge < -0.3 is 20.3 Å². The Morgan fingerprint density at radius 1 is 1.38 bits per heavy atom. The van der Waals surface area contributed by atoms with Gasteiger partial charge in [-0.2, -0.15) is 0 Å². The third-order valence-electron chi connectivity index (χ3n) is 4.64. The number of aromatic nitrogens is 3. The van der Waals surface area contributed by atoms with Crippen molar-refractivity contribution in [3.8, 4) is 0 Å². The molecule has 5 atom stereocenters. The van der Waals surface area contributed by atoms with Crippen molar-refractivity contribution in [1.29, 1.82) is 0 Å². The summed E-state index contributed by atoms with van der Waals surface area (Å²) in [5.41, 5.74) is -2.49. The molecule has 1 aromatic rings. The number of carbonyl (C=O) groups is 3. The van der Waals surface area contributed by atoms with Crippen LogP contribution >= 0.6 is 11.8 Å². The molecule has 1 heterocycles. The number of carbonyl (C=O) groups excluding carboxylic acids is 1. The molecule has 0 saturated heterocycles. The second-order valence-corrected chi connectivity index (χ2v) is 8.72. The van der Waals surface area contributed by atoms with E-state index >= 15 is 0 Å². The topological polar surface area (TPSA) is 154 Å². The van der Waals surface area contributed by atoms with Crippen molar-refractivity contribution in [3.05, 3.63) is 6.33 Å². The molecule has 3 rings (SSSR count). The van der Waals surface area contributed by atoms with Gasteiger partial charge in [0.05, 0.1) is 5.92 Å². The number of aromatic amines is 1. The van der Waals surface area contributed by atoms with Crippen LogP contribution in [0.25, 0.3) is 0 Å². The summed E-state index contributed by atoms with van der Waals surface area (Å²) in [5, 5.41) is 28.3. The predicted molar refractivity (Wildman–Crippen MR) is 88.5 cm³/mol. The van der Waals surface area contributed by atoms with Gasteiger partial charge in [-0.05, 0) is 33.1 Å². The van der Waals surface area contributed by atoms with Gasteiger partial charge in [0.15, 0.2) is 0 Å². The van der Waals surface area contributed by atoms with Gasteiger partial charge in [-0.25, -0.2) is 14.6 Å². The highest BCUT2D eigenvalue weighted by Gasteiger charge is 2.76. The molecule has 0 spiro atoms. The van der Waals surface area contributed by atoms with Crippen LogP contribution < -0.4 is 5.32 Å². The number of ether oxygens (including phenoxy) is 1. The zero-order chi connectivity index (χ0) is 19.3. The number of nitrogens with one attached hydrogen (secondary N) is 2. The Bertz CT molecular complexity index is 733. The summed E-state index contributed by atoms with van der Waals surface area (Å²) in [6.07, 6.45) is 0.581. The average Bonchev–Trinajstić information content (AvgIpc) is 2.89. The monoisotopic (exact) mass is 384 g/mol. The predicted octanol–water partition coefficient (Wildman–Crippen LogP) is 0.964. The molecule has 10 nitrogen and oxygen atoms in total. The van der Waals surface area contributed by atoms with E-state index in [1.54, 1.807) is 20.8 Å². The Hall–Kier alpha value is -2.30. The summed E-state index contributed by atoms with van der Waals surface area (Å²) in [4.78, 5) is 39.8. The summed E-state index contributed by atoms with van der Waals surface area (Å²) < 4.78 is 5.18. The van der Waals surface area contributed by atoms with Crippen molar-refractivity contribution in [2.24, 2.45) is 17.8 Å². The van der Waals surface area contributed by atoms with Gasteiger partial charge in [0.1, 0.15) is 17.5 Å². The van der Waals surface area contributed by atoms with E-state index in [1.165, 1.54) is 18.1 Å². The molecular formula is C15H20N4O6S. The molecule has 2 saturated carbocycles. The zero-order valence-electron chi connectivity index (χ0n) is 14.4. The summed E-state index contributed by atoms with van der Waals surface area (Å²) in [6.45, 7) is 4.99. The summed E-state index contributed by atoms with van der Waals surface area (Å²) in [6, 6.07) is 0. The zero-order valence-corrected chi connectivity index (χ0v) is 15.2. The number of rotatable bonds is 5. The van der Waals surface area contributed by atoms with Crippen LogP contribution in [0.15, 0.2) is 11.5 Å². The first-order valence-corrected chi connectivity index (χ1v) is 8.93. The molecule has 11 heteroatoms. The number of alkyl carbamates (subject to hydrolysis) is 1. The second-order valence-electron chi connectivity index (χ2n) is 7.51. The molecule has 1 aromatic heterocycles. The van der Waals surface area contributed by atoms with E-state index in [9.17, 15) is 24.6 Å². The average molecular weight is 384 g/mol. The van der Waals surface area contributed by atoms with E-state index in [0.717, 1.165) is 0 Å². The second kappa shape index (κ2) is 6.15. The molecule has 2 aliphatic carbocycles. The number of carboxylic acid groups (broad SMARTS) is 2. The summed E-state index contributed by atoms with van der Waals surface area (Å²) in [5.74, 6) is -4.27. The van der Waals surface area contributed by atoms with Gasteiger partial charge in [-0.15, -0.1) is 5.10 Å². The molecule has 4 N–H and O–H groups in total. The fourth-order valence-electron chi connectivity index (χ4n) is 3.75. The number of aliphatic carboxylic acids is 2. The van der Waals surface area contributed by atoms with Crippen molar-refractivity contribution in [2.45, 2.75) is 48.7 Å². The fourth-order valence-corrected chi connectivity index (χ4v) is 5.08. The first-order chi connectivity index (χ1) is 12.0. The number of hydrogen-bond donors (Lipinski definition) is 4. The Kier molecular flexibility index (Phi) is 4.37. The highest BCUT2D eigenvalue weighted by atomic mass is 32.2. The molecule has 0 bridgehead atoms. The van der Waals surface area contributed by atoms with Crippen LogP contribution in [-0.4, -0.2) is 59.8 Å². The third-order valence-corrected chi connectivity index (χ3v) is 5.83. The molecule has 0 aliphatic heterocycles. The van der Waals surface area contributed by atoms with Crippen LogP contribution in [0.5, 0.6) is 0 Å². The lowest BCUT2D eigenvalue weighted by molar-refractivity contribution is -0.147. The molecular weight excluding hydrogens is 364 g/mol. The van der Waals surface area contributed by atoms with Crippen LogP contribution in [0, 0.1) is 17.8 Å². The number of thioether (sulfide) groups is 1. The van der Waals surface area contributed by atoms with Crippen LogP contribution in [0.2, 0.25) is 0 Å². The van der Waals surface area contributed by atoms with Crippen LogP contribution in [0.4, 0.5) is 4.79 Å². The van der Waals surface area contributed by atoms with Gasteiger partial charge in [0, 0.05) is 11.2 Å². The maximum atomic E-state index is 12.2. The number of nitrogens with zero attached hydrogens (tertiary/aromatic N) is 2. The molecule has 0 aromatic carbocycles. The number of amides is 1. The van der Waals surface area contributed by atoms with Crippen LogP contribution in [-0.2, 0) is 14.3 Å². The quantitative estimate of drug-likeness (QED) is 0.581. The van der Waals surface area contributed by atoms with E-state index in [0.29, 0.717) is 5.16 Å². The number of H-pyrrole nitrogens is 1. The van der Waals surface area contributed by atoms with Gasteiger partial charge in [-0.3, -0.25) is 9.89 Å². The molecule has 1 amide bonds. The van der Waals surface area contributed by atoms with Gasteiger partial charge in [-0.1, -0.05) is 11.8 Å². The highest BCUT2D eigenvalue weighted by Crippen LogP contribution is 2.65. The van der Waals surface area contributed by atoms with Crippen molar-refractivity contribution >= 4 is 29.8 Å². The van der Waals surface area contributed by atoms with E-state index in [-0.39, 0.29) is 17.6 Å². The van der Waals surface area contributed by atoms with E-state index < -0.39 is 41.0 Å². The smallest absolute Gasteiger partial charge is 0.408 e. The lowest BCUT2D eigenvalue weighted by atomic mass is 9.90. The lowest BCUT2D eigenvalue weighted by Crippen LogP contribution is -2.57. The first kappa shape index (κ1) is 18.5. The molecule has 0 radical (unpaired) electrons. The normalized spacial score (nSPS) is 32.6. The van der Waals surface area contributed by atoms with Gasteiger partial charge in [0.25, 0.3) is 0 Å². The molecule has 26 heavy (non-hydrogen) atoms. The van der Waals surface area contributed by atoms with Gasteiger partial charge >= 0.3 is 18.0 Å². The van der Waals surface area contributed by atoms with Crippen molar-refractivity contribution in [3.63, 3.8) is 0 Å². The Labute approximate surface area is 153 Å². The van der Waals surface area contributed by atoms with E-state index in [4.69, 9.17) is 4.74 Å². The van der Waals surface area contributed by atoms with E-state index in [2.05, 4.69) is 20.5 Å². The standard InChI is InChI=1S/C15H20N4O6S/c1-14(2,3)25-13(24)18-15(11(22)23)4-6(26-12-16-5-17-19-12)7-8(9(7)15)10(20)21/h5-9H,4H2,1-3H3,(H,18,24)(H,20,21)(H,22,23)(H,16,17,19). The lowest BCUT2D eigenvalue weighted by Gasteiger charge is -2.31. The number of fused-ring (bicyclic) bond motifs is 1. The van der Waals surface area contributed by atoms with Crippen LogP contribution in [0.1, 0.15) is 27.2 Å². The Balaban J connectivity index is 1.85. The molecule has 5 unspecified atom stereocenters. The first-order valence-electron chi connectivity index (χ1n) is 8.05. The molecule has 2 fully saturated rings. The molecule has 142 valence electrons. The highest BCUT2D eigenvalue weighted by molar-refractivity contribution is 7.99. The maximum absolute atomic E-state index is 12.2. The van der Waals surface area contributed by atoms with E-state index in [1.807, 2.05) is 0 Å². The minimum atomic E-state index is -1.69. The van der Waals surface area contributed by atoms with Crippen molar-refractivity contribution < 1.29 is 29.3 Å².